The number of aryl methyl sites for hydroxylation is 1. The third-order valence-electron chi connectivity index (χ3n) is 3.52. The first-order valence-corrected chi connectivity index (χ1v) is 8.34. The molecule has 1 aromatic carbocycles. The molecule has 0 spiro atoms. The summed E-state index contributed by atoms with van der Waals surface area (Å²) >= 11 is 5.97. The van der Waals surface area contributed by atoms with Crippen LogP contribution >= 0.6 is 35.6 Å². The molecule has 0 aliphatic carbocycles. The number of benzene rings is 1. The largest absolute Gasteiger partial charge is 0.434 e. The lowest BCUT2D eigenvalue weighted by Gasteiger charge is -2.21. The quantitative estimate of drug-likeness (QED) is 0.349. The van der Waals surface area contributed by atoms with Gasteiger partial charge in [-0.2, -0.15) is 13.9 Å². The second-order valence-electron chi connectivity index (χ2n) is 5.46. The van der Waals surface area contributed by atoms with Crippen molar-refractivity contribution < 1.29 is 13.5 Å². The van der Waals surface area contributed by atoms with Crippen LogP contribution < -0.4 is 10.1 Å². The first-order chi connectivity index (χ1) is 12.4. The van der Waals surface area contributed by atoms with Crippen molar-refractivity contribution in [2.45, 2.75) is 26.6 Å². The molecule has 1 aromatic heterocycles. The van der Waals surface area contributed by atoms with Crippen molar-refractivity contribution in [3.05, 3.63) is 40.9 Å². The molecule has 150 valence electrons. The van der Waals surface area contributed by atoms with Gasteiger partial charge in [-0.25, -0.2) is 9.98 Å². The molecule has 0 atom stereocenters. The molecule has 0 radical (unpaired) electrons. The molecule has 0 saturated heterocycles. The minimum absolute atomic E-state index is 0. The molecule has 2 aromatic rings. The summed E-state index contributed by atoms with van der Waals surface area (Å²) in [7, 11) is 3.66. The van der Waals surface area contributed by atoms with E-state index in [2.05, 4.69) is 25.1 Å². The number of halogens is 4. The number of ether oxygens (including phenoxy) is 1. The minimum atomic E-state index is -2.91. The van der Waals surface area contributed by atoms with Crippen LogP contribution in [0.15, 0.2) is 29.5 Å². The highest BCUT2D eigenvalue weighted by atomic mass is 127. The Morgan fingerprint density at radius 1 is 1.44 bits per heavy atom. The number of aromatic nitrogens is 3. The number of aliphatic imine (C=N–C) groups is 1. The number of guanidine groups is 1. The van der Waals surface area contributed by atoms with Gasteiger partial charge in [-0.1, -0.05) is 11.6 Å². The fourth-order valence-electron chi connectivity index (χ4n) is 2.26. The Kier molecular flexibility index (Phi) is 9.70. The molecule has 1 N–H and O–H groups in total. The molecule has 2 rings (SSSR count). The van der Waals surface area contributed by atoms with E-state index in [9.17, 15) is 8.78 Å². The SMILES string of the molecule is CCNC(=NCc1cc(Cl)ccc1OC(F)F)N(C)Cc1ncnn1C.I. The average Bonchev–Trinajstić information content (AvgIpc) is 2.98. The minimum Gasteiger partial charge on any atom is -0.434 e. The standard InChI is InChI=1S/C16H21ClF2N6O.HI/c1-4-20-16(24(2)9-14-22-10-23-25(14)3)21-8-11-7-12(17)5-6-13(11)26-15(18)19;/h5-7,10,15H,4,8-9H2,1-3H3,(H,20,21);1H. The summed E-state index contributed by atoms with van der Waals surface area (Å²) in [5, 5.41) is 7.61. The Labute approximate surface area is 178 Å². The molecule has 0 bridgehead atoms. The van der Waals surface area contributed by atoms with Crippen molar-refractivity contribution in [3.8, 4) is 5.75 Å². The monoisotopic (exact) mass is 514 g/mol. The summed E-state index contributed by atoms with van der Waals surface area (Å²) in [5.41, 5.74) is 0.472. The first kappa shape index (κ1) is 23.3. The van der Waals surface area contributed by atoms with Crippen LogP contribution in [-0.2, 0) is 20.1 Å². The number of hydrogen-bond acceptors (Lipinski definition) is 4. The molecular weight excluding hydrogens is 493 g/mol. The van der Waals surface area contributed by atoms with E-state index in [0.717, 1.165) is 5.82 Å². The van der Waals surface area contributed by atoms with E-state index in [1.165, 1.54) is 18.5 Å². The zero-order valence-corrected chi connectivity index (χ0v) is 18.3. The van der Waals surface area contributed by atoms with Gasteiger partial charge in [0.05, 0.1) is 13.1 Å². The van der Waals surface area contributed by atoms with Crippen molar-refractivity contribution in [2.75, 3.05) is 13.6 Å². The van der Waals surface area contributed by atoms with Crippen LogP contribution in [0.5, 0.6) is 5.75 Å². The van der Waals surface area contributed by atoms with E-state index in [1.54, 1.807) is 17.8 Å². The molecule has 0 aliphatic rings. The summed E-state index contributed by atoms with van der Waals surface area (Å²) in [6.07, 6.45) is 1.48. The van der Waals surface area contributed by atoms with Crippen LogP contribution in [0.4, 0.5) is 8.78 Å². The van der Waals surface area contributed by atoms with Crippen LogP contribution in [-0.4, -0.2) is 45.8 Å². The Bertz CT molecular complexity index is 758. The van der Waals surface area contributed by atoms with Crippen molar-refractivity contribution in [1.29, 1.82) is 0 Å². The number of rotatable bonds is 7. The van der Waals surface area contributed by atoms with Gasteiger partial charge >= 0.3 is 6.61 Å². The third kappa shape index (κ3) is 7.09. The highest BCUT2D eigenvalue weighted by Gasteiger charge is 2.13. The van der Waals surface area contributed by atoms with Crippen LogP contribution in [0, 0.1) is 0 Å². The Balaban J connectivity index is 0.00000364. The zero-order chi connectivity index (χ0) is 19.1. The van der Waals surface area contributed by atoms with Crippen LogP contribution in [0.25, 0.3) is 0 Å². The van der Waals surface area contributed by atoms with Crippen LogP contribution in [0.3, 0.4) is 0 Å². The fraction of sp³-hybridized carbons (Fsp3) is 0.438. The van der Waals surface area contributed by atoms with Crippen LogP contribution in [0.1, 0.15) is 18.3 Å². The van der Waals surface area contributed by atoms with Crippen molar-refractivity contribution in [3.63, 3.8) is 0 Å². The van der Waals surface area contributed by atoms with Gasteiger partial charge in [-0.05, 0) is 25.1 Å². The molecule has 7 nitrogen and oxygen atoms in total. The van der Waals surface area contributed by atoms with Gasteiger partial charge in [0.15, 0.2) is 5.96 Å². The molecular formula is C16H22ClF2IN6O. The molecule has 1 heterocycles. The normalized spacial score (nSPS) is 11.3. The highest BCUT2D eigenvalue weighted by Crippen LogP contribution is 2.25. The van der Waals surface area contributed by atoms with Crippen LogP contribution in [0.2, 0.25) is 5.02 Å². The summed E-state index contributed by atoms with van der Waals surface area (Å²) in [6, 6.07) is 4.47. The van der Waals surface area contributed by atoms with Gasteiger partial charge in [-0.3, -0.25) is 4.68 Å². The second kappa shape index (κ2) is 11.2. The Morgan fingerprint density at radius 3 is 2.78 bits per heavy atom. The summed E-state index contributed by atoms with van der Waals surface area (Å²) < 4.78 is 31.4. The zero-order valence-electron chi connectivity index (χ0n) is 15.2. The summed E-state index contributed by atoms with van der Waals surface area (Å²) in [4.78, 5) is 10.5. The van der Waals surface area contributed by atoms with E-state index in [1.807, 2.05) is 18.9 Å². The van der Waals surface area contributed by atoms with E-state index < -0.39 is 6.61 Å². The lowest BCUT2D eigenvalue weighted by Crippen LogP contribution is -2.39. The second-order valence-corrected chi connectivity index (χ2v) is 5.89. The van der Waals surface area contributed by atoms with Crippen molar-refractivity contribution >= 4 is 41.5 Å². The maximum Gasteiger partial charge on any atom is 0.387 e. The molecule has 0 saturated carbocycles. The fourth-order valence-corrected chi connectivity index (χ4v) is 2.46. The van der Waals surface area contributed by atoms with Gasteiger partial charge in [0.25, 0.3) is 0 Å². The predicted octanol–water partition coefficient (Wildman–Crippen LogP) is 3.29. The molecule has 0 unspecified atom stereocenters. The lowest BCUT2D eigenvalue weighted by molar-refractivity contribution is -0.0504. The van der Waals surface area contributed by atoms with Gasteiger partial charge in [-0.15, -0.1) is 24.0 Å². The molecule has 27 heavy (non-hydrogen) atoms. The van der Waals surface area contributed by atoms with Gasteiger partial charge < -0.3 is 15.0 Å². The number of hydrogen-bond donors (Lipinski definition) is 1. The smallest absolute Gasteiger partial charge is 0.387 e. The lowest BCUT2D eigenvalue weighted by atomic mass is 10.2. The van der Waals surface area contributed by atoms with Crippen molar-refractivity contribution in [1.82, 2.24) is 25.0 Å². The molecule has 0 fully saturated rings. The maximum absolute atomic E-state index is 12.6. The van der Waals surface area contributed by atoms with E-state index >= 15 is 0 Å². The maximum atomic E-state index is 12.6. The van der Waals surface area contributed by atoms with E-state index in [0.29, 0.717) is 29.6 Å². The highest BCUT2D eigenvalue weighted by molar-refractivity contribution is 14.0. The number of nitrogens with one attached hydrogen (secondary N) is 1. The average molecular weight is 515 g/mol. The van der Waals surface area contributed by atoms with Crippen molar-refractivity contribution in [2.24, 2.45) is 12.0 Å². The summed E-state index contributed by atoms with van der Waals surface area (Å²) in [6.45, 7) is 0.298. The Morgan fingerprint density at radius 2 is 2.19 bits per heavy atom. The van der Waals surface area contributed by atoms with Gasteiger partial charge in [0.2, 0.25) is 0 Å². The molecule has 0 aliphatic heterocycles. The topological polar surface area (TPSA) is 67.6 Å². The first-order valence-electron chi connectivity index (χ1n) is 7.96. The molecule has 11 heteroatoms. The predicted molar refractivity (Wildman–Crippen MR) is 111 cm³/mol. The van der Waals surface area contributed by atoms with Gasteiger partial charge in [0, 0.05) is 31.2 Å². The third-order valence-corrected chi connectivity index (χ3v) is 3.75. The van der Waals surface area contributed by atoms with E-state index in [4.69, 9.17) is 11.6 Å². The summed E-state index contributed by atoms with van der Waals surface area (Å²) in [5.74, 6) is 1.42. The number of alkyl halides is 2. The van der Waals surface area contributed by atoms with E-state index in [-0.39, 0.29) is 36.3 Å². The Hall–Kier alpha value is -1.69. The molecule has 0 amide bonds. The van der Waals surface area contributed by atoms with Gasteiger partial charge in [0.1, 0.15) is 17.9 Å². The number of nitrogens with zero attached hydrogens (tertiary/aromatic N) is 5.